The zero-order valence-electron chi connectivity index (χ0n) is 11.2. The van der Waals surface area contributed by atoms with E-state index in [-0.39, 0.29) is 18.0 Å². The summed E-state index contributed by atoms with van der Waals surface area (Å²) in [5.74, 6) is 5.16. The minimum atomic E-state index is -3.63. The van der Waals surface area contributed by atoms with Gasteiger partial charge in [0.2, 0.25) is 10.0 Å². The van der Waals surface area contributed by atoms with Gasteiger partial charge in [-0.1, -0.05) is 24.0 Å². The van der Waals surface area contributed by atoms with Crippen LogP contribution in [0, 0.1) is 11.8 Å². The van der Waals surface area contributed by atoms with Crippen molar-refractivity contribution in [1.82, 2.24) is 9.71 Å². The highest BCUT2D eigenvalue weighted by Gasteiger charge is 2.13. The Morgan fingerprint density at radius 1 is 1.19 bits per heavy atom. The van der Waals surface area contributed by atoms with Crippen LogP contribution in [-0.4, -0.2) is 25.1 Å². The molecule has 1 aromatic heterocycles. The molecule has 0 saturated heterocycles. The molecule has 1 heterocycles. The molecule has 0 bridgehead atoms. The number of hydrogen-bond donors (Lipinski definition) is 2. The number of aromatic nitrogens is 1. The lowest BCUT2D eigenvalue weighted by molar-refractivity contribution is 0.350. The summed E-state index contributed by atoms with van der Waals surface area (Å²) >= 11 is 0. The SMILES string of the molecule is O=S(=O)(NCc1ccccn1)c1cccc(C#CCO)c1. The Labute approximate surface area is 123 Å². The van der Waals surface area contributed by atoms with Crippen molar-refractivity contribution in [1.29, 1.82) is 0 Å². The normalized spacial score (nSPS) is 10.7. The van der Waals surface area contributed by atoms with Gasteiger partial charge in [0.15, 0.2) is 0 Å². The number of sulfonamides is 1. The van der Waals surface area contributed by atoms with Crippen molar-refractivity contribution < 1.29 is 13.5 Å². The van der Waals surface area contributed by atoms with Gasteiger partial charge in [0, 0.05) is 11.8 Å². The topological polar surface area (TPSA) is 79.3 Å². The van der Waals surface area contributed by atoms with Gasteiger partial charge in [0.05, 0.1) is 17.1 Å². The van der Waals surface area contributed by atoms with Gasteiger partial charge in [0.1, 0.15) is 6.61 Å². The first-order chi connectivity index (χ1) is 10.1. The monoisotopic (exact) mass is 302 g/mol. The van der Waals surface area contributed by atoms with E-state index < -0.39 is 10.0 Å². The van der Waals surface area contributed by atoms with Crippen molar-refractivity contribution in [3.63, 3.8) is 0 Å². The first-order valence-corrected chi connectivity index (χ1v) is 7.69. The van der Waals surface area contributed by atoms with Gasteiger partial charge in [-0.15, -0.1) is 0 Å². The Morgan fingerprint density at radius 3 is 2.76 bits per heavy atom. The number of hydrogen-bond acceptors (Lipinski definition) is 4. The van der Waals surface area contributed by atoms with E-state index in [9.17, 15) is 8.42 Å². The Morgan fingerprint density at radius 2 is 2.05 bits per heavy atom. The molecule has 5 nitrogen and oxygen atoms in total. The van der Waals surface area contributed by atoms with Crippen LogP contribution < -0.4 is 4.72 Å². The first kappa shape index (κ1) is 15.2. The van der Waals surface area contributed by atoms with E-state index in [2.05, 4.69) is 21.5 Å². The molecule has 21 heavy (non-hydrogen) atoms. The van der Waals surface area contributed by atoms with Crippen LogP contribution in [-0.2, 0) is 16.6 Å². The Bertz CT molecular complexity index is 762. The number of nitrogens with one attached hydrogen (secondary N) is 1. The van der Waals surface area contributed by atoms with Gasteiger partial charge in [-0.2, -0.15) is 0 Å². The summed E-state index contributed by atoms with van der Waals surface area (Å²) in [5.41, 5.74) is 1.17. The quantitative estimate of drug-likeness (QED) is 0.823. The lowest BCUT2D eigenvalue weighted by Crippen LogP contribution is -2.23. The van der Waals surface area contributed by atoms with E-state index in [0.29, 0.717) is 11.3 Å². The van der Waals surface area contributed by atoms with Crippen molar-refractivity contribution in [3.05, 3.63) is 59.9 Å². The first-order valence-electron chi connectivity index (χ1n) is 6.21. The molecule has 0 spiro atoms. The Hall–Kier alpha value is -2.20. The van der Waals surface area contributed by atoms with E-state index in [0.717, 1.165) is 0 Å². The van der Waals surface area contributed by atoms with E-state index >= 15 is 0 Å². The summed E-state index contributed by atoms with van der Waals surface area (Å²) < 4.78 is 26.9. The molecule has 6 heteroatoms. The summed E-state index contributed by atoms with van der Waals surface area (Å²) in [6.07, 6.45) is 1.61. The summed E-state index contributed by atoms with van der Waals surface area (Å²) in [5, 5.41) is 8.66. The highest BCUT2D eigenvalue weighted by molar-refractivity contribution is 7.89. The van der Waals surface area contributed by atoms with Gasteiger partial charge in [-0.05, 0) is 30.3 Å². The van der Waals surface area contributed by atoms with Crippen LogP contribution >= 0.6 is 0 Å². The van der Waals surface area contributed by atoms with Gasteiger partial charge in [-0.3, -0.25) is 4.98 Å². The highest BCUT2D eigenvalue weighted by Crippen LogP contribution is 2.11. The average Bonchev–Trinajstić information content (AvgIpc) is 2.52. The van der Waals surface area contributed by atoms with Crippen molar-refractivity contribution in [3.8, 4) is 11.8 Å². The molecule has 0 aliphatic heterocycles. The molecule has 108 valence electrons. The number of pyridine rings is 1. The minimum Gasteiger partial charge on any atom is -0.384 e. The second-order valence-electron chi connectivity index (χ2n) is 4.13. The Balaban J connectivity index is 2.16. The van der Waals surface area contributed by atoms with Crippen LogP contribution in [0.15, 0.2) is 53.6 Å². The van der Waals surface area contributed by atoms with Gasteiger partial charge < -0.3 is 5.11 Å². The van der Waals surface area contributed by atoms with Gasteiger partial charge in [0.25, 0.3) is 0 Å². The number of aliphatic hydroxyl groups is 1. The number of rotatable bonds is 4. The molecular weight excluding hydrogens is 288 g/mol. The van der Waals surface area contributed by atoms with E-state index in [1.807, 2.05) is 0 Å². The molecule has 0 amide bonds. The van der Waals surface area contributed by atoms with Crippen molar-refractivity contribution in [2.75, 3.05) is 6.61 Å². The van der Waals surface area contributed by atoms with E-state index in [4.69, 9.17) is 5.11 Å². The molecule has 0 unspecified atom stereocenters. The lowest BCUT2D eigenvalue weighted by atomic mass is 10.2. The molecule has 0 aliphatic rings. The van der Waals surface area contributed by atoms with Crippen LogP contribution in [0.5, 0.6) is 0 Å². The molecule has 0 saturated carbocycles. The summed E-state index contributed by atoms with van der Waals surface area (Å²) in [4.78, 5) is 4.18. The third-order valence-corrected chi connectivity index (χ3v) is 4.02. The molecule has 0 aliphatic carbocycles. The van der Waals surface area contributed by atoms with Crippen LogP contribution in [0.25, 0.3) is 0 Å². The second-order valence-corrected chi connectivity index (χ2v) is 5.90. The largest absolute Gasteiger partial charge is 0.384 e. The predicted octanol–water partition coefficient (Wildman–Crippen LogP) is 0.904. The zero-order chi connectivity index (χ0) is 15.1. The maximum absolute atomic E-state index is 12.2. The maximum Gasteiger partial charge on any atom is 0.240 e. The van der Waals surface area contributed by atoms with Crippen molar-refractivity contribution in [2.24, 2.45) is 0 Å². The Kier molecular flexibility index (Phi) is 5.06. The summed E-state index contributed by atoms with van der Waals surface area (Å²) in [7, 11) is -3.63. The average molecular weight is 302 g/mol. The standard InChI is InChI=1S/C15H14N2O3S/c18-10-4-6-13-5-3-8-15(11-13)21(19,20)17-12-14-7-1-2-9-16-14/h1-3,5,7-9,11,17-18H,10,12H2. The van der Waals surface area contributed by atoms with Crippen LogP contribution in [0.3, 0.4) is 0 Å². The fraction of sp³-hybridized carbons (Fsp3) is 0.133. The predicted molar refractivity (Wildman–Crippen MR) is 78.7 cm³/mol. The van der Waals surface area contributed by atoms with Crippen LogP contribution in [0.1, 0.15) is 11.3 Å². The fourth-order valence-electron chi connectivity index (χ4n) is 1.64. The maximum atomic E-state index is 12.2. The summed E-state index contributed by atoms with van der Waals surface area (Å²) in [6.45, 7) is -0.148. The molecule has 0 atom stereocenters. The van der Waals surface area contributed by atoms with Gasteiger partial charge >= 0.3 is 0 Å². The summed E-state index contributed by atoms with van der Waals surface area (Å²) in [6, 6.07) is 11.5. The third kappa shape index (κ3) is 4.39. The lowest BCUT2D eigenvalue weighted by Gasteiger charge is -2.06. The third-order valence-electron chi connectivity index (χ3n) is 2.63. The molecule has 2 aromatic rings. The van der Waals surface area contributed by atoms with Crippen molar-refractivity contribution in [2.45, 2.75) is 11.4 Å². The molecule has 2 N–H and O–H groups in total. The number of nitrogens with zero attached hydrogens (tertiary/aromatic N) is 1. The number of aliphatic hydroxyl groups excluding tert-OH is 1. The number of benzene rings is 1. The molecular formula is C15H14N2O3S. The zero-order valence-corrected chi connectivity index (χ0v) is 12.0. The molecule has 0 radical (unpaired) electrons. The minimum absolute atomic E-state index is 0.121. The van der Waals surface area contributed by atoms with Crippen LogP contribution in [0.2, 0.25) is 0 Å². The molecule has 0 fully saturated rings. The fourth-order valence-corrected chi connectivity index (χ4v) is 2.68. The van der Waals surface area contributed by atoms with Gasteiger partial charge in [-0.25, -0.2) is 13.1 Å². The van der Waals surface area contributed by atoms with E-state index in [1.54, 1.807) is 36.5 Å². The molecule has 1 aromatic carbocycles. The molecule has 2 rings (SSSR count). The smallest absolute Gasteiger partial charge is 0.240 e. The second kappa shape index (κ2) is 6.99. The van der Waals surface area contributed by atoms with Crippen LogP contribution in [0.4, 0.5) is 0 Å². The van der Waals surface area contributed by atoms with E-state index in [1.165, 1.54) is 12.1 Å². The highest BCUT2D eigenvalue weighted by atomic mass is 32.2. The van der Waals surface area contributed by atoms with Crippen molar-refractivity contribution >= 4 is 10.0 Å².